The first-order chi connectivity index (χ1) is 11.3. The monoisotopic (exact) mass is 306 g/mol. The molecule has 3 heterocycles. The van der Waals surface area contributed by atoms with Gasteiger partial charge in [0.25, 0.3) is 0 Å². The van der Waals surface area contributed by atoms with Crippen molar-refractivity contribution >= 4 is 11.6 Å². The van der Waals surface area contributed by atoms with Crippen molar-refractivity contribution < 1.29 is 0 Å². The van der Waals surface area contributed by atoms with E-state index in [-0.39, 0.29) is 0 Å². The summed E-state index contributed by atoms with van der Waals surface area (Å²) in [6.07, 6.45) is 5.11. The third kappa shape index (κ3) is 2.70. The zero-order chi connectivity index (χ0) is 15.6. The van der Waals surface area contributed by atoms with E-state index in [1.165, 1.54) is 17.7 Å². The number of rotatable bonds is 4. The van der Waals surface area contributed by atoms with Gasteiger partial charge in [-0.15, -0.1) is 5.10 Å². The molecule has 4 rings (SSSR count). The normalized spacial score (nSPS) is 16.6. The van der Waals surface area contributed by atoms with Crippen molar-refractivity contribution in [2.45, 2.75) is 19.3 Å². The second-order valence-electron chi connectivity index (χ2n) is 6.19. The fraction of sp³-hybridized carbons (Fsp3) is 0.412. The molecule has 0 spiro atoms. The topological polar surface area (TPSA) is 77.7 Å². The molecule has 0 unspecified atom stereocenters. The zero-order valence-corrected chi connectivity index (χ0v) is 12.9. The molecule has 1 aliphatic carbocycles. The number of nitriles is 1. The van der Waals surface area contributed by atoms with Crippen molar-refractivity contribution in [1.82, 2.24) is 15.2 Å². The minimum atomic E-state index is 0.540. The van der Waals surface area contributed by atoms with E-state index in [1.807, 2.05) is 0 Å². The number of aromatic nitrogens is 3. The molecule has 116 valence electrons. The molecule has 1 fully saturated rings. The first kappa shape index (κ1) is 13.9. The van der Waals surface area contributed by atoms with Crippen LogP contribution in [0.15, 0.2) is 24.4 Å². The van der Waals surface area contributed by atoms with Crippen molar-refractivity contribution in [3.05, 3.63) is 41.2 Å². The van der Waals surface area contributed by atoms with Crippen molar-refractivity contribution in [2.75, 3.05) is 29.9 Å². The largest absolute Gasteiger partial charge is 0.369 e. The van der Waals surface area contributed by atoms with Gasteiger partial charge >= 0.3 is 0 Å². The summed E-state index contributed by atoms with van der Waals surface area (Å²) < 4.78 is 0. The summed E-state index contributed by atoms with van der Waals surface area (Å²) in [7, 11) is 0. The van der Waals surface area contributed by atoms with Crippen LogP contribution in [-0.2, 0) is 12.8 Å². The van der Waals surface area contributed by atoms with Gasteiger partial charge in [0, 0.05) is 31.7 Å². The predicted octanol–water partition coefficient (Wildman–Crippen LogP) is 1.78. The van der Waals surface area contributed by atoms with Crippen LogP contribution >= 0.6 is 0 Å². The minimum Gasteiger partial charge on any atom is -0.369 e. The summed E-state index contributed by atoms with van der Waals surface area (Å²) in [5.41, 5.74) is 3.13. The first-order valence-electron chi connectivity index (χ1n) is 8.03. The lowest BCUT2D eigenvalue weighted by Gasteiger charge is -2.40. The molecule has 6 nitrogen and oxygen atoms in total. The highest BCUT2D eigenvalue weighted by molar-refractivity contribution is 5.51. The molecule has 1 saturated heterocycles. The minimum absolute atomic E-state index is 0.540. The van der Waals surface area contributed by atoms with Crippen molar-refractivity contribution in [1.29, 1.82) is 5.26 Å². The molecular formula is C17H18N6. The van der Waals surface area contributed by atoms with Gasteiger partial charge in [0.1, 0.15) is 11.9 Å². The standard InChI is InChI=1S/C17H18N6/c18-8-14-4-2-6-19-17(14)20-9-12-10-23(11-12)16-7-13-3-1-5-15(13)21-22-16/h2,4,6-7,12H,1,3,5,9-11H2,(H,19,20). The van der Waals surface area contributed by atoms with E-state index >= 15 is 0 Å². The number of hydrogen-bond acceptors (Lipinski definition) is 6. The molecule has 6 heteroatoms. The fourth-order valence-corrected chi connectivity index (χ4v) is 3.24. The van der Waals surface area contributed by atoms with Crippen LogP contribution in [0, 0.1) is 17.2 Å². The highest BCUT2D eigenvalue weighted by Gasteiger charge is 2.29. The Morgan fingerprint density at radius 2 is 2.22 bits per heavy atom. The lowest BCUT2D eigenvalue weighted by Crippen LogP contribution is -2.50. The van der Waals surface area contributed by atoms with E-state index < -0.39 is 0 Å². The molecule has 0 saturated carbocycles. The van der Waals surface area contributed by atoms with E-state index in [1.54, 1.807) is 18.3 Å². The lowest BCUT2D eigenvalue weighted by molar-refractivity contribution is 0.425. The van der Waals surface area contributed by atoms with Crippen molar-refractivity contribution in [2.24, 2.45) is 5.92 Å². The predicted molar refractivity (Wildman–Crippen MR) is 87.2 cm³/mol. The number of aryl methyl sites for hydroxylation is 2. The van der Waals surface area contributed by atoms with Gasteiger partial charge in [0.05, 0.1) is 11.3 Å². The number of fused-ring (bicyclic) bond motifs is 1. The number of nitrogens with zero attached hydrogens (tertiary/aromatic N) is 5. The molecule has 0 bridgehead atoms. The molecule has 2 aromatic rings. The summed E-state index contributed by atoms with van der Waals surface area (Å²) in [5.74, 6) is 2.21. The van der Waals surface area contributed by atoms with Gasteiger partial charge in [-0.1, -0.05) is 0 Å². The van der Waals surface area contributed by atoms with E-state index in [9.17, 15) is 0 Å². The van der Waals surface area contributed by atoms with Gasteiger partial charge in [-0.3, -0.25) is 0 Å². The first-order valence-corrected chi connectivity index (χ1v) is 8.03. The Hall–Kier alpha value is -2.68. The molecule has 0 atom stereocenters. The average molecular weight is 306 g/mol. The number of anilines is 2. The molecule has 1 aliphatic heterocycles. The van der Waals surface area contributed by atoms with Crippen LogP contribution < -0.4 is 10.2 Å². The number of pyridine rings is 1. The van der Waals surface area contributed by atoms with E-state index in [0.29, 0.717) is 17.3 Å². The zero-order valence-electron chi connectivity index (χ0n) is 12.9. The fourth-order valence-electron chi connectivity index (χ4n) is 3.24. The second-order valence-corrected chi connectivity index (χ2v) is 6.19. The average Bonchev–Trinajstić information content (AvgIpc) is 3.01. The maximum Gasteiger partial charge on any atom is 0.151 e. The summed E-state index contributed by atoms with van der Waals surface area (Å²) in [6.45, 7) is 2.75. The number of nitrogens with one attached hydrogen (secondary N) is 1. The Balaban J connectivity index is 1.33. The van der Waals surface area contributed by atoms with Gasteiger partial charge < -0.3 is 10.2 Å². The molecule has 2 aromatic heterocycles. The Morgan fingerprint density at radius 1 is 1.30 bits per heavy atom. The van der Waals surface area contributed by atoms with Gasteiger partial charge in [-0.25, -0.2) is 4.98 Å². The second kappa shape index (κ2) is 5.84. The molecule has 0 radical (unpaired) electrons. The van der Waals surface area contributed by atoms with Crippen LogP contribution in [-0.4, -0.2) is 34.8 Å². The molecule has 0 aromatic carbocycles. The molecule has 2 aliphatic rings. The van der Waals surface area contributed by atoms with Crippen LogP contribution in [0.25, 0.3) is 0 Å². The highest BCUT2D eigenvalue weighted by atomic mass is 15.3. The summed E-state index contributed by atoms with van der Waals surface area (Å²) in [4.78, 5) is 6.49. The van der Waals surface area contributed by atoms with E-state index in [4.69, 9.17) is 5.26 Å². The van der Waals surface area contributed by atoms with Crippen molar-refractivity contribution in [3.8, 4) is 6.07 Å². The molecule has 23 heavy (non-hydrogen) atoms. The highest BCUT2D eigenvalue weighted by Crippen LogP contribution is 2.27. The Morgan fingerprint density at radius 3 is 3.09 bits per heavy atom. The van der Waals surface area contributed by atoms with Crippen LogP contribution in [0.4, 0.5) is 11.6 Å². The van der Waals surface area contributed by atoms with Gasteiger partial charge in [0.15, 0.2) is 5.82 Å². The summed E-state index contributed by atoms with van der Waals surface area (Å²) in [6, 6.07) is 7.92. The third-order valence-corrected chi connectivity index (χ3v) is 4.57. The molecule has 1 N–H and O–H groups in total. The smallest absolute Gasteiger partial charge is 0.151 e. The van der Waals surface area contributed by atoms with Gasteiger partial charge in [-0.2, -0.15) is 10.4 Å². The van der Waals surface area contributed by atoms with E-state index in [2.05, 4.69) is 37.5 Å². The number of hydrogen-bond donors (Lipinski definition) is 1. The van der Waals surface area contributed by atoms with Gasteiger partial charge in [-0.05, 0) is 43.0 Å². The van der Waals surface area contributed by atoms with Gasteiger partial charge in [0.2, 0.25) is 0 Å². The lowest BCUT2D eigenvalue weighted by atomic mass is 10.00. The van der Waals surface area contributed by atoms with Crippen LogP contribution in [0.1, 0.15) is 23.2 Å². The maximum absolute atomic E-state index is 9.07. The Kier molecular flexibility index (Phi) is 3.54. The third-order valence-electron chi connectivity index (χ3n) is 4.57. The van der Waals surface area contributed by atoms with Crippen LogP contribution in [0.2, 0.25) is 0 Å². The van der Waals surface area contributed by atoms with Crippen LogP contribution in [0.5, 0.6) is 0 Å². The Bertz CT molecular complexity index is 760. The molecule has 0 amide bonds. The summed E-state index contributed by atoms with van der Waals surface area (Å²) >= 11 is 0. The molecular weight excluding hydrogens is 288 g/mol. The Labute approximate surface area is 135 Å². The van der Waals surface area contributed by atoms with Crippen molar-refractivity contribution in [3.63, 3.8) is 0 Å². The summed E-state index contributed by atoms with van der Waals surface area (Å²) in [5, 5.41) is 21.1. The van der Waals surface area contributed by atoms with Crippen LogP contribution in [0.3, 0.4) is 0 Å². The van der Waals surface area contributed by atoms with E-state index in [0.717, 1.165) is 38.3 Å². The maximum atomic E-state index is 9.07. The quantitative estimate of drug-likeness (QED) is 0.927. The SMILES string of the molecule is N#Cc1cccnc1NCC1CN(c2cc3c(nn2)CCC3)C1.